The van der Waals surface area contributed by atoms with Crippen LogP contribution in [0.15, 0.2) is 67.0 Å². The first-order valence-corrected chi connectivity index (χ1v) is 8.86. The quantitative estimate of drug-likeness (QED) is 0.620. The number of benzene rings is 2. The van der Waals surface area contributed by atoms with Gasteiger partial charge in [0.1, 0.15) is 0 Å². The van der Waals surface area contributed by atoms with Crippen molar-refractivity contribution < 1.29 is 4.79 Å². The summed E-state index contributed by atoms with van der Waals surface area (Å²) in [5.41, 5.74) is 3.01. The second kappa shape index (κ2) is 8.70. The molecule has 1 aromatic heterocycles. The summed E-state index contributed by atoms with van der Waals surface area (Å²) in [6, 6.07) is 16.7. The first-order chi connectivity index (χ1) is 12.6. The Balaban J connectivity index is 1.60. The standard InChI is InChI=1S/C20H17Cl2N3O/c21-16-5-3-4-14(10-16)8-9-24-20(26)15-11-17(13-23-12-15)25-19-7-2-1-6-18(19)22/h1-7,10-13,25H,8-9H2,(H,24,26). The maximum absolute atomic E-state index is 12.3. The monoisotopic (exact) mass is 385 g/mol. The van der Waals surface area contributed by atoms with Crippen LogP contribution in [0.1, 0.15) is 15.9 Å². The molecule has 0 unspecified atom stereocenters. The predicted molar refractivity (Wildman–Crippen MR) is 106 cm³/mol. The van der Waals surface area contributed by atoms with Gasteiger partial charge in [-0.1, -0.05) is 47.5 Å². The van der Waals surface area contributed by atoms with E-state index >= 15 is 0 Å². The van der Waals surface area contributed by atoms with Crippen molar-refractivity contribution in [1.29, 1.82) is 0 Å². The maximum atomic E-state index is 12.3. The molecule has 0 aliphatic carbocycles. The zero-order chi connectivity index (χ0) is 18.4. The van der Waals surface area contributed by atoms with Crippen molar-refractivity contribution >= 4 is 40.5 Å². The summed E-state index contributed by atoms with van der Waals surface area (Å²) in [5, 5.41) is 7.35. The number of aromatic nitrogens is 1. The zero-order valence-electron chi connectivity index (χ0n) is 13.9. The maximum Gasteiger partial charge on any atom is 0.252 e. The Morgan fingerprint density at radius 2 is 1.85 bits per heavy atom. The number of anilines is 2. The van der Waals surface area contributed by atoms with E-state index in [-0.39, 0.29) is 5.91 Å². The second-order valence-electron chi connectivity index (χ2n) is 5.70. The lowest BCUT2D eigenvalue weighted by atomic mass is 10.1. The van der Waals surface area contributed by atoms with Crippen LogP contribution in [-0.4, -0.2) is 17.4 Å². The number of pyridine rings is 1. The number of nitrogens with zero attached hydrogens (tertiary/aromatic N) is 1. The number of rotatable bonds is 6. The van der Waals surface area contributed by atoms with E-state index in [2.05, 4.69) is 15.6 Å². The Bertz CT molecular complexity index is 915. The summed E-state index contributed by atoms with van der Waals surface area (Å²) in [6.45, 7) is 0.515. The topological polar surface area (TPSA) is 54.0 Å². The lowest BCUT2D eigenvalue weighted by Gasteiger charge is -2.10. The number of para-hydroxylation sites is 1. The van der Waals surface area contributed by atoms with Gasteiger partial charge in [-0.3, -0.25) is 9.78 Å². The van der Waals surface area contributed by atoms with Crippen LogP contribution >= 0.6 is 23.2 Å². The molecular weight excluding hydrogens is 369 g/mol. The Morgan fingerprint density at radius 1 is 1.00 bits per heavy atom. The van der Waals surface area contributed by atoms with Gasteiger partial charge in [0, 0.05) is 17.8 Å². The van der Waals surface area contributed by atoms with Crippen molar-refractivity contribution in [3.05, 3.63) is 88.2 Å². The van der Waals surface area contributed by atoms with E-state index in [1.807, 2.05) is 42.5 Å². The van der Waals surface area contributed by atoms with Gasteiger partial charge in [0.15, 0.2) is 0 Å². The minimum atomic E-state index is -0.178. The average molecular weight is 386 g/mol. The predicted octanol–water partition coefficient (Wildman–Crippen LogP) is 5.10. The molecule has 0 aliphatic rings. The van der Waals surface area contributed by atoms with Gasteiger partial charge < -0.3 is 10.6 Å². The molecule has 26 heavy (non-hydrogen) atoms. The van der Waals surface area contributed by atoms with Crippen LogP contribution in [0.5, 0.6) is 0 Å². The summed E-state index contributed by atoms with van der Waals surface area (Å²) in [7, 11) is 0. The Kier molecular flexibility index (Phi) is 6.10. The van der Waals surface area contributed by atoms with E-state index in [0.717, 1.165) is 11.3 Å². The van der Waals surface area contributed by atoms with Crippen LogP contribution in [0.3, 0.4) is 0 Å². The molecule has 6 heteroatoms. The number of hydrogen-bond acceptors (Lipinski definition) is 3. The van der Waals surface area contributed by atoms with E-state index in [1.165, 1.54) is 6.20 Å². The minimum Gasteiger partial charge on any atom is -0.353 e. The number of nitrogens with one attached hydrogen (secondary N) is 2. The SMILES string of the molecule is O=C(NCCc1cccc(Cl)c1)c1cncc(Nc2ccccc2Cl)c1. The molecule has 2 N–H and O–H groups in total. The van der Waals surface area contributed by atoms with E-state index < -0.39 is 0 Å². The highest BCUT2D eigenvalue weighted by molar-refractivity contribution is 6.33. The average Bonchev–Trinajstić information content (AvgIpc) is 2.64. The van der Waals surface area contributed by atoms with Crippen LogP contribution < -0.4 is 10.6 Å². The minimum absolute atomic E-state index is 0.178. The van der Waals surface area contributed by atoms with Crippen molar-refractivity contribution in [3.8, 4) is 0 Å². The van der Waals surface area contributed by atoms with Crippen LogP contribution in [-0.2, 0) is 6.42 Å². The molecular formula is C20H17Cl2N3O. The summed E-state index contributed by atoms with van der Waals surface area (Å²) >= 11 is 12.1. The molecule has 132 valence electrons. The normalized spacial score (nSPS) is 10.4. The lowest BCUT2D eigenvalue weighted by molar-refractivity contribution is 0.0954. The molecule has 2 aromatic carbocycles. The number of carbonyl (C=O) groups excluding carboxylic acids is 1. The highest BCUT2D eigenvalue weighted by atomic mass is 35.5. The molecule has 0 spiro atoms. The highest BCUT2D eigenvalue weighted by Crippen LogP contribution is 2.24. The van der Waals surface area contributed by atoms with E-state index in [0.29, 0.717) is 34.3 Å². The highest BCUT2D eigenvalue weighted by Gasteiger charge is 2.08. The molecule has 0 saturated heterocycles. The Hall–Kier alpha value is -2.56. The molecule has 1 heterocycles. The first-order valence-electron chi connectivity index (χ1n) is 8.11. The smallest absolute Gasteiger partial charge is 0.252 e. The largest absolute Gasteiger partial charge is 0.353 e. The number of hydrogen-bond donors (Lipinski definition) is 2. The van der Waals surface area contributed by atoms with Crippen molar-refractivity contribution in [2.24, 2.45) is 0 Å². The van der Waals surface area contributed by atoms with Gasteiger partial charge in [-0.2, -0.15) is 0 Å². The van der Waals surface area contributed by atoms with Crippen LogP contribution in [0.25, 0.3) is 0 Å². The Labute approximate surface area is 162 Å². The molecule has 0 aliphatic heterocycles. The third-order valence-electron chi connectivity index (χ3n) is 3.74. The van der Waals surface area contributed by atoms with E-state index in [4.69, 9.17) is 23.2 Å². The van der Waals surface area contributed by atoms with Crippen molar-refractivity contribution in [2.75, 3.05) is 11.9 Å². The molecule has 3 rings (SSSR count). The van der Waals surface area contributed by atoms with E-state index in [9.17, 15) is 4.79 Å². The van der Waals surface area contributed by atoms with Gasteiger partial charge in [-0.25, -0.2) is 0 Å². The summed E-state index contributed by atoms with van der Waals surface area (Å²) in [4.78, 5) is 16.5. The van der Waals surface area contributed by atoms with Crippen LogP contribution in [0, 0.1) is 0 Å². The molecule has 0 bridgehead atoms. The van der Waals surface area contributed by atoms with Gasteiger partial charge in [-0.15, -0.1) is 0 Å². The van der Waals surface area contributed by atoms with Gasteiger partial charge in [0.05, 0.1) is 28.2 Å². The molecule has 3 aromatic rings. The van der Waals surface area contributed by atoms with Crippen molar-refractivity contribution in [1.82, 2.24) is 10.3 Å². The molecule has 1 amide bonds. The first kappa shape index (κ1) is 18.2. The lowest BCUT2D eigenvalue weighted by Crippen LogP contribution is -2.25. The summed E-state index contributed by atoms with van der Waals surface area (Å²) in [5.74, 6) is -0.178. The Morgan fingerprint density at radius 3 is 2.65 bits per heavy atom. The molecule has 0 atom stereocenters. The fourth-order valence-electron chi connectivity index (χ4n) is 2.47. The number of carbonyl (C=O) groups is 1. The van der Waals surface area contributed by atoms with Gasteiger partial charge >= 0.3 is 0 Å². The van der Waals surface area contributed by atoms with Crippen LogP contribution in [0.2, 0.25) is 10.0 Å². The molecule has 0 saturated carbocycles. The number of halogens is 2. The van der Waals surface area contributed by atoms with E-state index in [1.54, 1.807) is 18.3 Å². The second-order valence-corrected chi connectivity index (χ2v) is 6.55. The van der Waals surface area contributed by atoms with Crippen molar-refractivity contribution in [2.45, 2.75) is 6.42 Å². The third kappa shape index (κ3) is 4.97. The molecule has 4 nitrogen and oxygen atoms in total. The van der Waals surface area contributed by atoms with Crippen LogP contribution in [0.4, 0.5) is 11.4 Å². The summed E-state index contributed by atoms with van der Waals surface area (Å²) < 4.78 is 0. The van der Waals surface area contributed by atoms with Gasteiger partial charge in [0.25, 0.3) is 5.91 Å². The zero-order valence-corrected chi connectivity index (χ0v) is 15.4. The van der Waals surface area contributed by atoms with Gasteiger partial charge in [-0.05, 0) is 42.3 Å². The fourth-order valence-corrected chi connectivity index (χ4v) is 2.86. The summed E-state index contributed by atoms with van der Waals surface area (Å²) in [6.07, 6.45) is 3.88. The molecule has 0 radical (unpaired) electrons. The fraction of sp³-hybridized carbons (Fsp3) is 0.100. The third-order valence-corrected chi connectivity index (χ3v) is 4.31. The van der Waals surface area contributed by atoms with Gasteiger partial charge in [0.2, 0.25) is 0 Å². The molecule has 0 fully saturated rings. The number of amides is 1. The van der Waals surface area contributed by atoms with Crippen molar-refractivity contribution in [3.63, 3.8) is 0 Å².